The van der Waals surface area contributed by atoms with E-state index in [4.69, 9.17) is 5.26 Å². The molecule has 1 unspecified atom stereocenters. The SMILES string of the molecule is CCCCC(C)(O)C(=O)OC(=O)CC#N. The molecule has 84 valence electrons. The Morgan fingerprint density at radius 3 is 2.60 bits per heavy atom. The average molecular weight is 213 g/mol. The van der Waals surface area contributed by atoms with E-state index in [1.54, 1.807) is 6.07 Å². The van der Waals surface area contributed by atoms with Crippen molar-refractivity contribution < 1.29 is 19.4 Å². The maximum absolute atomic E-state index is 11.3. The predicted octanol–water partition coefficient (Wildman–Crippen LogP) is 0.911. The van der Waals surface area contributed by atoms with Crippen LogP contribution in [0.3, 0.4) is 0 Å². The number of rotatable bonds is 5. The standard InChI is InChI=1S/C10H15NO4/c1-3-4-6-10(2,14)9(13)15-8(12)5-7-11/h14H,3-6H2,1-2H3. The molecule has 0 amide bonds. The largest absolute Gasteiger partial charge is 0.390 e. The topological polar surface area (TPSA) is 87.4 Å². The smallest absolute Gasteiger partial charge is 0.345 e. The second-order valence-corrected chi connectivity index (χ2v) is 3.47. The van der Waals surface area contributed by atoms with Crippen LogP contribution in [0.15, 0.2) is 0 Å². The van der Waals surface area contributed by atoms with Crippen molar-refractivity contribution >= 4 is 11.9 Å². The highest BCUT2D eigenvalue weighted by Crippen LogP contribution is 2.15. The van der Waals surface area contributed by atoms with Gasteiger partial charge in [-0.05, 0) is 13.3 Å². The van der Waals surface area contributed by atoms with Gasteiger partial charge in [0, 0.05) is 0 Å². The van der Waals surface area contributed by atoms with Gasteiger partial charge in [-0.25, -0.2) is 4.79 Å². The van der Waals surface area contributed by atoms with E-state index in [9.17, 15) is 14.7 Å². The summed E-state index contributed by atoms with van der Waals surface area (Å²) in [7, 11) is 0. The van der Waals surface area contributed by atoms with Crippen LogP contribution < -0.4 is 0 Å². The molecular weight excluding hydrogens is 198 g/mol. The monoisotopic (exact) mass is 213 g/mol. The number of carbonyl (C=O) groups is 2. The summed E-state index contributed by atoms with van der Waals surface area (Å²) in [6, 6.07) is 1.56. The fourth-order valence-corrected chi connectivity index (χ4v) is 0.937. The van der Waals surface area contributed by atoms with Gasteiger partial charge in [-0.3, -0.25) is 4.79 Å². The minimum atomic E-state index is -1.65. The van der Waals surface area contributed by atoms with Gasteiger partial charge in [0.15, 0.2) is 5.60 Å². The Morgan fingerprint density at radius 1 is 1.53 bits per heavy atom. The predicted molar refractivity (Wildman–Crippen MR) is 51.5 cm³/mol. The molecule has 5 heteroatoms. The molecule has 0 saturated heterocycles. The molecule has 0 aliphatic carbocycles. The third-order valence-corrected chi connectivity index (χ3v) is 1.89. The van der Waals surface area contributed by atoms with Crippen LogP contribution in [0.5, 0.6) is 0 Å². The van der Waals surface area contributed by atoms with Crippen molar-refractivity contribution in [2.45, 2.75) is 45.1 Å². The molecular formula is C10H15NO4. The Kier molecular flexibility index (Phi) is 5.57. The van der Waals surface area contributed by atoms with Crippen molar-refractivity contribution in [1.29, 1.82) is 5.26 Å². The minimum absolute atomic E-state index is 0.238. The summed E-state index contributed by atoms with van der Waals surface area (Å²) in [6.45, 7) is 3.22. The van der Waals surface area contributed by atoms with Crippen molar-refractivity contribution in [1.82, 2.24) is 0 Å². The summed E-state index contributed by atoms with van der Waals surface area (Å²) < 4.78 is 4.30. The molecule has 0 radical (unpaired) electrons. The number of hydrogen-bond acceptors (Lipinski definition) is 5. The first kappa shape index (κ1) is 13.6. The zero-order valence-corrected chi connectivity index (χ0v) is 8.95. The van der Waals surface area contributed by atoms with Crippen LogP contribution in [-0.4, -0.2) is 22.6 Å². The van der Waals surface area contributed by atoms with Gasteiger partial charge in [0.2, 0.25) is 0 Å². The quantitative estimate of drug-likeness (QED) is 0.541. The number of aliphatic hydroxyl groups is 1. The third kappa shape index (κ3) is 5.13. The van der Waals surface area contributed by atoms with E-state index in [1.165, 1.54) is 6.92 Å². The van der Waals surface area contributed by atoms with Gasteiger partial charge in [0.05, 0.1) is 6.07 Å². The third-order valence-electron chi connectivity index (χ3n) is 1.89. The first-order valence-electron chi connectivity index (χ1n) is 4.78. The zero-order chi connectivity index (χ0) is 11.9. The normalized spacial score (nSPS) is 13.7. The lowest BCUT2D eigenvalue weighted by Gasteiger charge is -2.19. The summed E-state index contributed by atoms with van der Waals surface area (Å²) in [5.41, 5.74) is -1.65. The molecule has 0 aromatic rings. The highest BCUT2D eigenvalue weighted by atomic mass is 16.6. The molecule has 0 aromatic heterocycles. The molecule has 0 aliphatic rings. The molecule has 0 saturated carbocycles. The number of nitriles is 1. The van der Waals surface area contributed by atoms with Gasteiger partial charge in [-0.15, -0.1) is 0 Å². The maximum Gasteiger partial charge on any atom is 0.345 e. The average Bonchev–Trinajstić information content (AvgIpc) is 2.15. The molecule has 1 N–H and O–H groups in total. The lowest BCUT2D eigenvalue weighted by atomic mass is 10.00. The molecule has 15 heavy (non-hydrogen) atoms. The summed E-state index contributed by atoms with van der Waals surface area (Å²) in [4.78, 5) is 22.1. The van der Waals surface area contributed by atoms with Gasteiger partial charge in [0.1, 0.15) is 6.42 Å². The van der Waals surface area contributed by atoms with Crippen LogP contribution in [0.25, 0.3) is 0 Å². The van der Waals surface area contributed by atoms with E-state index in [1.807, 2.05) is 6.92 Å². The molecule has 1 atom stereocenters. The molecule has 5 nitrogen and oxygen atoms in total. The minimum Gasteiger partial charge on any atom is -0.390 e. The Bertz CT molecular complexity index is 278. The Balaban J connectivity index is 4.19. The summed E-state index contributed by atoms with van der Waals surface area (Å²) in [5, 5.41) is 17.8. The van der Waals surface area contributed by atoms with E-state index < -0.39 is 24.0 Å². The zero-order valence-electron chi connectivity index (χ0n) is 8.95. The number of unbranched alkanes of at least 4 members (excludes halogenated alkanes) is 1. The first-order chi connectivity index (χ1) is 6.94. The van der Waals surface area contributed by atoms with Crippen molar-refractivity contribution in [3.8, 4) is 6.07 Å². The number of hydrogen-bond donors (Lipinski definition) is 1. The van der Waals surface area contributed by atoms with Crippen LogP contribution in [-0.2, 0) is 14.3 Å². The van der Waals surface area contributed by atoms with Crippen molar-refractivity contribution in [2.24, 2.45) is 0 Å². The lowest BCUT2D eigenvalue weighted by Crippen LogP contribution is -2.38. The lowest BCUT2D eigenvalue weighted by molar-refractivity contribution is -0.173. The highest BCUT2D eigenvalue weighted by molar-refractivity contribution is 5.90. The van der Waals surface area contributed by atoms with E-state index in [0.717, 1.165) is 6.42 Å². The van der Waals surface area contributed by atoms with Gasteiger partial charge >= 0.3 is 11.9 Å². The van der Waals surface area contributed by atoms with Gasteiger partial charge in [-0.1, -0.05) is 19.8 Å². The van der Waals surface area contributed by atoms with Crippen LogP contribution in [0.2, 0.25) is 0 Å². The molecule has 0 bridgehead atoms. The van der Waals surface area contributed by atoms with E-state index in [-0.39, 0.29) is 6.42 Å². The first-order valence-corrected chi connectivity index (χ1v) is 4.78. The van der Waals surface area contributed by atoms with E-state index in [0.29, 0.717) is 6.42 Å². The summed E-state index contributed by atoms with van der Waals surface area (Å²) in [6.07, 6.45) is 1.24. The maximum atomic E-state index is 11.3. The van der Waals surface area contributed by atoms with Crippen molar-refractivity contribution in [2.75, 3.05) is 0 Å². The molecule has 0 fully saturated rings. The summed E-state index contributed by atoms with van der Waals surface area (Å²) in [5.74, 6) is -1.92. The highest BCUT2D eigenvalue weighted by Gasteiger charge is 2.32. The Morgan fingerprint density at radius 2 is 2.13 bits per heavy atom. The fraction of sp³-hybridized carbons (Fsp3) is 0.700. The van der Waals surface area contributed by atoms with E-state index >= 15 is 0 Å². The summed E-state index contributed by atoms with van der Waals surface area (Å²) >= 11 is 0. The molecule has 0 aliphatic heterocycles. The van der Waals surface area contributed by atoms with E-state index in [2.05, 4.69) is 4.74 Å². The van der Waals surface area contributed by atoms with Crippen molar-refractivity contribution in [3.05, 3.63) is 0 Å². The number of esters is 2. The Labute approximate surface area is 88.6 Å². The van der Waals surface area contributed by atoms with Gasteiger partial charge in [-0.2, -0.15) is 5.26 Å². The number of ether oxygens (including phenoxy) is 1. The number of carbonyl (C=O) groups excluding carboxylic acids is 2. The van der Waals surface area contributed by atoms with Crippen molar-refractivity contribution in [3.63, 3.8) is 0 Å². The Hall–Kier alpha value is -1.41. The van der Waals surface area contributed by atoms with Crippen LogP contribution >= 0.6 is 0 Å². The molecule has 0 spiro atoms. The van der Waals surface area contributed by atoms with Gasteiger partial charge in [0.25, 0.3) is 0 Å². The van der Waals surface area contributed by atoms with Crippen LogP contribution in [0.1, 0.15) is 39.5 Å². The molecule has 0 rings (SSSR count). The van der Waals surface area contributed by atoms with Gasteiger partial charge < -0.3 is 9.84 Å². The van der Waals surface area contributed by atoms with Crippen LogP contribution in [0, 0.1) is 11.3 Å². The second-order valence-electron chi connectivity index (χ2n) is 3.47. The fourth-order valence-electron chi connectivity index (χ4n) is 0.937. The second kappa shape index (κ2) is 6.14. The molecule has 0 heterocycles. The molecule has 0 aromatic carbocycles. The number of nitrogens with zero attached hydrogens (tertiary/aromatic N) is 1. The van der Waals surface area contributed by atoms with Crippen LogP contribution in [0.4, 0.5) is 0 Å².